The monoisotopic (exact) mass is 320 g/mol. The maximum Gasteiger partial charge on any atom is 0.0627 e. The van der Waals surface area contributed by atoms with E-state index in [0.717, 1.165) is 31.6 Å². The summed E-state index contributed by atoms with van der Waals surface area (Å²) in [5.74, 6) is 2.04. The molecule has 4 aliphatic carbocycles. The summed E-state index contributed by atoms with van der Waals surface area (Å²) in [6.45, 7) is 2.72. The first-order valence-electron chi connectivity index (χ1n) is 9.56. The van der Waals surface area contributed by atoms with Crippen molar-refractivity contribution in [1.29, 1.82) is 0 Å². The van der Waals surface area contributed by atoms with Gasteiger partial charge in [0.1, 0.15) is 0 Å². The van der Waals surface area contributed by atoms with Crippen LogP contribution >= 0.6 is 0 Å². The molecule has 3 nitrogen and oxygen atoms in total. The molecule has 0 saturated heterocycles. The van der Waals surface area contributed by atoms with Crippen LogP contribution in [0.4, 0.5) is 0 Å². The maximum atomic E-state index is 10.4. The lowest BCUT2D eigenvalue weighted by Gasteiger charge is -2.58. The highest BCUT2D eigenvalue weighted by Gasteiger charge is 2.59. The molecule has 0 aromatic heterocycles. The Morgan fingerprint density at radius 2 is 2.00 bits per heavy atom. The molecule has 3 saturated carbocycles. The molecule has 3 heteroatoms. The molecule has 0 aliphatic heterocycles. The number of allylic oxidation sites excluding steroid dienone is 1. The van der Waals surface area contributed by atoms with Gasteiger partial charge >= 0.3 is 0 Å². The van der Waals surface area contributed by atoms with E-state index in [4.69, 9.17) is 4.74 Å². The first-order chi connectivity index (χ1) is 11.0. The Bertz CT molecular complexity index is 501. The van der Waals surface area contributed by atoms with Gasteiger partial charge in [-0.05, 0) is 74.5 Å². The molecule has 0 aromatic carbocycles. The smallest absolute Gasteiger partial charge is 0.0627 e. The topological polar surface area (TPSA) is 49.7 Å². The summed E-state index contributed by atoms with van der Waals surface area (Å²) < 4.78 is 5.84. The Morgan fingerprint density at radius 3 is 2.74 bits per heavy atom. The van der Waals surface area contributed by atoms with Crippen molar-refractivity contribution in [3.05, 3.63) is 11.6 Å². The van der Waals surface area contributed by atoms with Gasteiger partial charge in [0.2, 0.25) is 0 Å². The van der Waals surface area contributed by atoms with Crippen LogP contribution in [0.2, 0.25) is 0 Å². The quantitative estimate of drug-likeness (QED) is 0.768. The molecule has 2 N–H and O–H groups in total. The summed E-state index contributed by atoms with van der Waals surface area (Å²) in [7, 11) is 1.88. The molecule has 0 bridgehead atoms. The van der Waals surface area contributed by atoms with E-state index in [1.54, 1.807) is 0 Å². The van der Waals surface area contributed by atoms with Crippen molar-refractivity contribution < 1.29 is 14.9 Å². The lowest BCUT2D eigenvalue weighted by molar-refractivity contribution is -0.0965. The number of hydrogen-bond donors (Lipinski definition) is 2. The van der Waals surface area contributed by atoms with Crippen LogP contribution in [0.5, 0.6) is 0 Å². The maximum absolute atomic E-state index is 10.4. The van der Waals surface area contributed by atoms with Crippen molar-refractivity contribution >= 4 is 0 Å². The fourth-order valence-electron chi connectivity index (χ4n) is 7.07. The van der Waals surface area contributed by atoms with E-state index < -0.39 is 0 Å². The average molecular weight is 320 g/mol. The SMILES string of the molecule is COC1CCC2[C@@H]3CC=C4CC(O)CCC4(CO)[C@H]3CCC12C. The summed E-state index contributed by atoms with van der Waals surface area (Å²) in [6.07, 6.45) is 11.3. The number of hydrogen-bond acceptors (Lipinski definition) is 3. The summed E-state index contributed by atoms with van der Waals surface area (Å²) >= 11 is 0. The molecule has 0 amide bonds. The standard InChI is InChI=1S/C20H32O3/c1-19-9-8-17-15(16(19)5-6-18(19)23-2)4-3-13-11-14(22)7-10-20(13,17)12-21/h3,14-18,21-22H,4-12H2,1-2H3/t14?,15-,16?,17-,18?,19?,20?/m0/s1. The fourth-order valence-corrected chi connectivity index (χ4v) is 7.07. The Balaban J connectivity index is 1.68. The van der Waals surface area contributed by atoms with Gasteiger partial charge in [0, 0.05) is 12.5 Å². The molecule has 4 aliphatic rings. The molecule has 5 unspecified atom stereocenters. The molecule has 0 spiro atoms. The van der Waals surface area contributed by atoms with Crippen molar-refractivity contribution in [2.24, 2.45) is 28.6 Å². The average Bonchev–Trinajstić information content (AvgIpc) is 2.90. The normalized spacial score (nSPS) is 52.3. The van der Waals surface area contributed by atoms with Crippen LogP contribution in [0, 0.1) is 28.6 Å². The second-order valence-electron chi connectivity index (χ2n) is 8.90. The number of rotatable bonds is 2. The number of fused-ring (bicyclic) bond motifs is 5. The third kappa shape index (κ3) is 2.12. The minimum atomic E-state index is -0.198. The highest BCUT2D eigenvalue weighted by Crippen LogP contribution is 2.65. The van der Waals surface area contributed by atoms with Gasteiger partial charge in [-0.1, -0.05) is 18.6 Å². The van der Waals surface area contributed by atoms with Crippen molar-refractivity contribution in [2.75, 3.05) is 13.7 Å². The summed E-state index contributed by atoms with van der Waals surface area (Å²) in [6, 6.07) is 0. The van der Waals surface area contributed by atoms with Crippen LogP contribution in [0.15, 0.2) is 11.6 Å². The number of ether oxygens (including phenoxy) is 1. The van der Waals surface area contributed by atoms with Gasteiger partial charge in [-0.25, -0.2) is 0 Å². The Morgan fingerprint density at radius 1 is 1.17 bits per heavy atom. The van der Waals surface area contributed by atoms with E-state index in [1.165, 1.54) is 31.3 Å². The minimum absolute atomic E-state index is 0.0331. The molecular formula is C20H32O3. The highest BCUT2D eigenvalue weighted by atomic mass is 16.5. The number of aliphatic hydroxyl groups is 2. The zero-order valence-corrected chi connectivity index (χ0v) is 14.6. The van der Waals surface area contributed by atoms with Crippen LogP contribution in [0.1, 0.15) is 58.3 Å². The largest absolute Gasteiger partial charge is 0.395 e. The summed E-state index contributed by atoms with van der Waals surface area (Å²) in [5, 5.41) is 20.4. The van der Waals surface area contributed by atoms with Crippen molar-refractivity contribution in [2.45, 2.75) is 70.5 Å². The molecule has 0 radical (unpaired) electrons. The third-order valence-corrected chi connectivity index (χ3v) is 8.28. The van der Waals surface area contributed by atoms with Crippen LogP contribution in [-0.2, 0) is 4.74 Å². The van der Waals surface area contributed by atoms with E-state index in [-0.39, 0.29) is 18.1 Å². The Kier molecular flexibility index (Phi) is 3.90. The number of aliphatic hydroxyl groups excluding tert-OH is 2. The zero-order chi connectivity index (χ0) is 16.2. The van der Waals surface area contributed by atoms with Gasteiger partial charge in [0.15, 0.2) is 0 Å². The van der Waals surface area contributed by atoms with E-state index >= 15 is 0 Å². The van der Waals surface area contributed by atoms with Crippen LogP contribution in [-0.4, -0.2) is 36.1 Å². The Hall–Kier alpha value is -0.380. The summed E-state index contributed by atoms with van der Waals surface area (Å²) in [5.41, 5.74) is 1.66. The minimum Gasteiger partial charge on any atom is -0.395 e. The highest BCUT2D eigenvalue weighted by molar-refractivity contribution is 5.26. The molecular weight excluding hydrogens is 288 g/mol. The van der Waals surface area contributed by atoms with Gasteiger partial charge in [0.05, 0.1) is 18.8 Å². The lowest BCUT2D eigenvalue weighted by Crippen LogP contribution is -2.53. The zero-order valence-electron chi connectivity index (χ0n) is 14.6. The van der Waals surface area contributed by atoms with Gasteiger partial charge in [-0.3, -0.25) is 0 Å². The Labute approximate surface area is 140 Å². The van der Waals surface area contributed by atoms with Gasteiger partial charge < -0.3 is 14.9 Å². The van der Waals surface area contributed by atoms with E-state index in [9.17, 15) is 10.2 Å². The molecule has 0 aromatic rings. The summed E-state index contributed by atoms with van der Waals surface area (Å²) in [4.78, 5) is 0. The second kappa shape index (κ2) is 5.57. The molecule has 4 rings (SSSR count). The molecule has 23 heavy (non-hydrogen) atoms. The van der Waals surface area contributed by atoms with Gasteiger partial charge in [-0.2, -0.15) is 0 Å². The first-order valence-corrected chi connectivity index (χ1v) is 9.56. The lowest BCUT2D eigenvalue weighted by atomic mass is 9.47. The van der Waals surface area contributed by atoms with Gasteiger partial charge in [-0.15, -0.1) is 0 Å². The predicted octanol–water partition coefficient (Wildman–Crippen LogP) is 3.30. The third-order valence-electron chi connectivity index (χ3n) is 8.28. The van der Waals surface area contributed by atoms with E-state index in [0.29, 0.717) is 23.4 Å². The van der Waals surface area contributed by atoms with Crippen LogP contribution in [0.25, 0.3) is 0 Å². The molecule has 7 atom stereocenters. The first kappa shape index (κ1) is 16.1. The fraction of sp³-hybridized carbons (Fsp3) is 0.900. The number of methoxy groups -OCH3 is 1. The van der Waals surface area contributed by atoms with E-state index in [1.807, 2.05) is 7.11 Å². The van der Waals surface area contributed by atoms with Crippen LogP contribution in [0.3, 0.4) is 0 Å². The molecule has 130 valence electrons. The van der Waals surface area contributed by atoms with E-state index in [2.05, 4.69) is 13.0 Å². The van der Waals surface area contributed by atoms with Gasteiger partial charge in [0.25, 0.3) is 0 Å². The van der Waals surface area contributed by atoms with Crippen molar-refractivity contribution in [3.8, 4) is 0 Å². The molecule has 3 fully saturated rings. The second-order valence-corrected chi connectivity index (χ2v) is 8.90. The van der Waals surface area contributed by atoms with Crippen molar-refractivity contribution in [1.82, 2.24) is 0 Å². The predicted molar refractivity (Wildman–Crippen MR) is 89.9 cm³/mol. The molecule has 0 heterocycles. The van der Waals surface area contributed by atoms with Crippen LogP contribution < -0.4 is 0 Å². The van der Waals surface area contributed by atoms with Crippen molar-refractivity contribution in [3.63, 3.8) is 0 Å².